The number of hydrogen-bond acceptors (Lipinski definition) is 23. The number of nitrogens with one attached hydrogen (secondary N) is 7. The van der Waals surface area contributed by atoms with Crippen LogP contribution < -0.4 is 47.3 Å². The number of alkyl carbamates (subject to hydrolysis) is 1. The number of allylic oxidation sites excluding steroid dienone is 3. The SMILES string of the molecule is COc1cc2cc(c1Cl)N(C)C(=O)C[C@H](OC(=O)[C@H](C)N(C)C(=O)CCSSCCC(=O)NCCNC(=O)CC[C@H]1C(=O)C[C@@H](Cc3ccc(O)cc3)C(=O)N[C@H](Cc3c[nH]c4ccccc34)C(=O)C[C@@H](CCCCN)C(=O)N[C@@H]([C@@H](C)O)C(=O)N[C@@H](Cc3ccccc3)C(=O)N1C)[C@]1(C)O[C@H]1[C@H](C)[C@@H]1C[C@](O)(C[C@H](OC)/C=C/C=C(\C)C2)NC(=O)O1. The number of ketones is 2. The monoisotopic (exact) mass is 1750 g/mol. The van der Waals surface area contributed by atoms with Crippen LogP contribution in [0, 0.1) is 17.8 Å². The summed E-state index contributed by atoms with van der Waals surface area (Å²) in [7, 11) is 9.96. The number of phenols is 1. The van der Waals surface area contributed by atoms with Crippen molar-refractivity contribution in [3.63, 3.8) is 0 Å². The van der Waals surface area contributed by atoms with Crippen LogP contribution in [0.25, 0.3) is 10.9 Å². The molecule has 5 aromatic rings. The van der Waals surface area contributed by atoms with Crippen molar-refractivity contribution in [1.82, 2.24) is 46.7 Å². The van der Waals surface area contributed by atoms with Gasteiger partial charge in [-0.25, -0.2) is 9.59 Å². The minimum absolute atomic E-state index is 0.00183. The Hall–Kier alpha value is -9.87. The van der Waals surface area contributed by atoms with Crippen LogP contribution in [-0.4, -0.2) is 240 Å². The fraction of sp³-hybridized carbons (Fsp3) is 0.523. The predicted molar refractivity (Wildman–Crippen MR) is 462 cm³/mol. The summed E-state index contributed by atoms with van der Waals surface area (Å²) in [6.45, 7) is 8.39. The highest BCUT2D eigenvalue weighted by atomic mass is 35.5. The molecule has 1 aromatic heterocycles. The number of carbonyl (C=O) groups excluding carboxylic acids is 12. The number of hydrogen-bond donors (Lipinski definition) is 11. The number of benzene rings is 4. The minimum Gasteiger partial charge on any atom is -0.508 e. The zero-order chi connectivity index (χ0) is 88.7. The molecule has 0 spiro atoms. The average Bonchev–Trinajstić information content (AvgIpc) is 1.57. The number of aromatic nitrogens is 1. The van der Waals surface area contributed by atoms with Crippen LogP contribution in [0.15, 0.2) is 121 Å². The Morgan fingerprint density at radius 3 is 2.12 bits per heavy atom. The molecule has 4 bridgehead atoms. The lowest BCUT2D eigenvalue weighted by atomic mass is 9.83. The van der Waals surface area contributed by atoms with Crippen LogP contribution >= 0.6 is 33.2 Å². The van der Waals surface area contributed by atoms with Gasteiger partial charge in [0.1, 0.15) is 58.2 Å². The Kier molecular flexibility index (Phi) is 35.4. The number of aromatic amines is 1. The number of likely N-dealkylation sites (N-methyl/N-ethyl adjacent to an activating group) is 2. The Labute approximate surface area is 723 Å². The molecule has 3 fully saturated rings. The highest BCUT2D eigenvalue weighted by Gasteiger charge is 2.64. The number of H-pyrrole nitrogens is 1. The molecule has 15 atom stereocenters. The molecule has 34 heteroatoms. The first-order chi connectivity index (χ1) is 58.1. The van der Waals surface area contributed by atoms with Crippen molar-refractivity contribution in [2.45, 2.75) is 209 Å². The van der Waals surface area contributed by atoms with Crippen molar-refractivity contribution in [3.05, 3.63) is 148 Å². The topological polar surface area (TPSA) is 439 Å². The van der Waals surface area contributed by atoms with Gasteiger partial charge in [0.25, 0.3) is 0 Å². The lowest BCUT2D eigenvalue weighted by Crippen LogP contribution is -2.59. The number of aliphatic hydroxyl groups excluding tert-OH is 1. The maximum absolute atomic E-state index is 15.3. The quantitative estimate of drug-likeness (QED) is 0.00998. The normalized spacial score (nSPS) is 26.0. The van der Waals surface area contributed by atoms with Gasteiger partial charge < -0.3 is 91.0 Å². The van der Waals surface area contributed by atoms with E-state index in [0.717, 1.165) is 26.9 Å². The molecule has 0 radical (unpaired) electrons. The van der Waals surface area contributed by atoms with Crippen LogP contribution in [0.3, 0.4) is 0 Å². The van der Waals surface area contributed by atoms with Crippen LogP contribution in [-0.2, 0) is 97.4 Å². The number of unbranched alkanes of at least 4 members (excludes halogenated alkanes) is 1. The van der Waals surface area contributed by atoms with Crippen molar-refractivity contribution >= 4 is 121 Å². The maximum Gasteiger partial charge on any atom is 0.409 e. The fourth-order valence-electron chi connectivity index (χ4n) is 15.6. The van der Waals surface area contributed by atoms with Gasteiger partial charge in [0, 0.05) is 145 Å². The van der Waals surface area contributed by atoms with E-state index in [0.29, 0.717) is 53.1 Å². The van der Waals surface area contributed by atoms with E-state index in [1.807, 2.05) is 37.3 Å². The summed E-state index contributed by atoms with van der Waals surface area (Å²) < 4.78 is 29.7. The van der Waals surface area contributed by atoms with Gasteiger partial charge in [-0.1, -0.05) is 131 Å². The third-order valence-corrected chi connectivity index (χ3v) is 25.8. The number of nitrogens with two attached hydrogens (primary N) is 1. The highest BCUT2D eigenvalue weighted by Crippen LogP contribution is 2.49. The first-order valence-electron chi connectivity index (χ1n) is 41.2. The molecule has 31 nitrogen and oxygen atoms in total. The molecule has 4 aromatic carbocycles. The molecule has 4 aliphatic heterocycles. The number of rotatable bonds is 29. The summed E-state index contributed by atoms with van der Waals surface area (Å²) >= 11 is 6.89. The number of anilines is 1. The number of amides is 9. The van der Waals surface area contributed by atoms with Gasteiger partial charge in [-0.3, -0.25) is 53.3 Å². The van der Waals surface area contributed by atoms with Crippen LogP contribution in [0.4, 0.5) is 10.5 Å². The number of Topliss-reactive ketones (excluding diaryl/α,β-unsaturated/α-hetero) is 2. The minimum atomic E-state index is -1.76. The molecule has 9 amide bonds. The number of ether oxygens (including phenoxy) is 5. The fourth-order valence-corrected chi connectivity index (χ4v) is 17.9. The van der Waals surface area contributed by atoms with Gasteiger partial charge in [-0.05, 0) is 119 Å². The number of methoxy groups -OCH3 is 2. The first-order valence-corrected chi connectivity index (χ1v) is 44.1. The zero-order valence-electron chi connectivity index (χ0n) is 70.7. The van der Waals surface area contributed by atoms with E-state index < -0.39 is 174 Å². The average molecular weight is 1750 g/mol. The number of fused-ring (bicyclic) bond motifs is 6. The van der Waals surface area contributed by atoms with E-state index in [2.05, 4.69) is 36.9 Å². The van der Waals surface area contributed by atoms with E-state index in [4.69, 9.17) is 41.0 Å². The number of carbonyl (C=O) groups is 12. The number of esters is 1. The molecule has 0 saturated carbocycles. The largest absolute Gasteiger partial charge is 0.508 e. The molecule has 3 saturated heterocycles. The summed E-state index contributed by atoms with van der Waals surface area (Å²) in [6.07, 6.45) is 0.367. The van der Waals surface area contributed by atoms with Gasteiger partial charge in [-0.2, -0.15) is 0 Å². The summed E-state index contributed by atoms with van der Waals surface area (Å²) in [5, 5.41) is 50.7. The molecule has 0 aliphatic carbocycles. The second-order valence-electron chi connectivity index (χ2n) is 32.2. The predicted octanol–water partition coefficient (Wildman–Crippen LogP) is 6.95. The molecule has 0 unspecified atom stereocenters. The van der Waals surface area contributed by atoms with Gasteiger partial charge in [0.15, 0.2) is 11.6 Å². The molecule has 12 N–H and O–H groups in total. The Bertz CT molecular complexity index is 4590. The lowest BCUT2D eigenvalue weighted by Gasteiger charge is -2.40. The number of aliphatic hydroxyl groups is 2. The molecule has 9 rings (SSSR count). The molecule has 662 valence electrons. The Morgan fingerprint density at radius 2 is 1.43 bits per heavy atom. The molecular weight excluding hydrogens is 1630 g/mol. The number of epoxide rings is 1. The number of halogens is 1. The Balaban J connectivity index is 0.816. The molecule has 4 aliphatic rings. The number of nitrogens with zero attached hydrogens (tertiary/aromatic N) is 3. The third-order valence-electron chi connectivity index (χ3n) is 23.0. The lowest BCUT2D eigenvalue weighted by molar-refractivity contribution is -0.162. The van der Waals surface area contributed by atoms with E-state index in [1.165, 1.54) is 92.7 Å². The van der Waals surface area contributed by atoms with E-state index in [1.54, 1.807) is 86.8 Å². The molecule has 122 heavy (non-hydrogen) atoms. The zero-order valence-corrected chi connectivity index (χ0v) is 73.1. The van der Waals surface area contributed by atoms with Crippen molar-refractivity contribution in [3.8, 4) is 11.5 Å². The van der Waals surface area contributed by atoms with Crippen LogP contribution in [0.1, 0.15) is 134 Å². The standard InChI is InChI=1S/C88H116ClN11O20S2/c1-51-19-18-23-62(116-9)48-88(115)49-72(118-86(114)97-88)52(2)80-87(5,120-80)73(47-77(108)99(7)68-42-57(39-51)43-71(117-10)78(68)89)119-85(113)53(3)98(6)76(107)33-38-122-121-37-32-75(106)92-36-35-91-74(105)31-30-67-70(104)46-59(40-56-26-28-61(102)29-27-56)82(110)94-65(44-60-50-93-64-25-15-14-24-63(60)64)69(103)45-58(22-16-17-34-90)81(109)96-79(54(4)101)83(111)95-66(84(112)100(67)8)41-55-20-12-11-13-21-55/h11-15,18-21,23-29,42-43,50,52-54,58-59,62,65-67,72-73,79-80,93,101-102,115H,16-17,22,30-41,44-49,90H2,1-10H3,(H,91,105)(H,92,106)(H,94,110)(H,95,111)(H,96,109)(H,97,114)/b23-18+,51-19+/t52-,53+,54-,58-,59-,62-,65-,66+,67+,72+,73+,79+,80+,87+,88-/m1/s1. The summed E-state index contributed by atoms with van der Waals surface area (Å²) in [5.41, 5.74) is 7.34. The first kappa shape index (κ1) is 96.0. The number of para-hydroxylation sites is 1. The van der Waals surface area contributed by atoms with Crippen molar-refractivity contribution in [1.29, 1.82) is 0 Å². The summed E-state index contributed by atoms with van der Waals surface area (Å²) in [5.74, 6) is -9.07. The third kappa shape index (κ3) is 26.6. The van der Waals surface area contributed by atoms with Crippen molar-refractivity contribution in [2.75, 3.05) is 71.4 Å². The van der Waals surface area contributed by atoms with Crippen LogP contribution in [0.5, 0.6) is 11.5 Å². The van der Waals surface area contributed by atoms with Gasteiger partial charge in [-0.15, -0.1) is 0 Å². The Morgan fingerprint density at radius 1 is 0.779 bits per heavy atom. The van der Waals surface area contributed by atoms with E-state index in [-0.39, 0.29) is 106 Å². The number of phenolic OH excluding ortho intramolecular Hbond substituents is 1. The second kappa shape index (κ2) is 45.0. The van der Waals surface area contributed by atoms with Crippen LogP contribution in [0.2, 0.25) is 5.02 Å². The smallest absolute Gasteiger partial charge is 0.409 e. The highest BCUT2D eigenvalue weighted by molar-refractivity contribution is 8.76. The van der Waals surface area contributed by atoms with Gasteiger partial charge in [0.2, 0.25) is 47.3 Å². The van der Waals surface area contributed by atoms with Crippen molar-refractivity contribution in [2.24, 2.45) is 23.5 Å². The molecular formula is C88H116ClN11O20S2. The number of aromatic hydroxyl groups is 1. The van der Waals surface area contributed by atoms with E-state index in [9.17, 15) is 58.5 Å². The van der Waals surface area contributed by atoms with Gasteiger partial charge in [0.05, 0.1) is 49.6 Å². The van der Waals surface area contributed by atoms with Gasteiger partial charge >= 0.3 is 12.1 Å². The molecule has 5 heterocycles. The van der Waals surface area contributed by atoms with Crippen molar-refractivity contribution < 1.29 is 96.5 Å². The maximum atomic E-state index is 15.3. The summed E-state index contributed by atoms with van der Waals surface area (Å²) in [6, 6.07) is 18.6. The summed E-state index contributed by atoms with van der Waals surface area (Å²) in [4.78, 5) is 180. The second-order valence-corrected chi connectivity index (χ2v) is 35.3. The van der Waals surface area contributed by atoms with E-state index >= 15 is 14.4 Å².